The molecule has 12 heteroatoms. The Hall–Kier alpha value is -6.95. The number of aromatic nitrogens is 9. The molecular weight excluding hydrogens is 661 g/mol. The number of benzene rings is 4. The maximum absolute atomic E-state index is 5.54. The maximum atomic E-state index is 5.54. The van der Waals surface area contributed by atoms with E-state index in [9.17, 15) is 0 Å². The van der Waals surface area contributed by atoms with E-state index in [4.69, 9.17) is 5.73 Å². The Morgan fingerprint density at radius 2 is 1.26 bits per heavy atom. The van der Waals surface area contributed by atoms with Gasteiger partial charge in [0.1, 0.15) is 11.8 Å². The predicted molar refractivity (Wildman–Crippen MR) is 212 cm³/mol. The van der Waals surface area contributed by atoms with Crippen LogP contribution in [0, 0.1) is 20.8 Å². The summed E-state index contributed by atoms with van der Waals surface area (Å²) in [4.78, 5) is 28.6. The summed E-state index contributed by atoms with van der Waals surface area (Å²) in [5, 5.41) is 9.10. The summed E-state index contributed by atoms with van der Waals surface area (Å²) in [6.45, 7) is 6.98. The number of para-hydroxylation sites is 2. The molecule has 2 N–H and O–H groups in total. The Balaban J connectivity index is 0.000000113. The number of fused-ring (bicyclic) bond motifs is 5. The van der Waals surface area contributed by atoms with Crippen LogP contribution in [0.2, 0.25) is 0 Å². The van der Waals surface area contributed by atoms with E-state index in [0.717, 1.165) is 39.9 Å². The van der Waals surface area contributed by atoms with Crippen molar-refractivity contribution in [2.75, 3.05) is 5.73 Å². The number of hydrogen-bond acceptors (Lipinski definition) is 10. The topological polar surface area (TPSA) is 151 Å². The van der Waals surface area contributed by atoms with Crippen LogP contribution in [0.5, 0.6) is 0 Å². The summed E-state index contributed by atoms with van der Waals surface area (Å²) in [6.07, 6.45) is 10.1. The average molecular weight is 701 g/mol. The molecule has 264 valence electrons. The highest BCUT2D eigenvalue weighted by Gasteiger charge is 2.06. The van der Waals surface area contributed by atoms with Crippen LogP contribution < -0.4 is 5.73 Å². The second-order valence-corrected chi connectivity index (χ2v) is 12.4. The number of anilines is 1. The van der Waals surface area contributed by atoms with Crippen molar-refractivity contribution in [1.29, 1.82) is 0 Å². The number of pyridine rings is 1. The first-order chi connectivity index (χ1) is 25.7. The predicted octanol–water partition coefficient (Wildman–Crippen LogP) is 8.59. The van der Waals surface area contributed by atoms with Crippen LogP contribution in [0.15, 0.2) is 139 Å². The molecule has 0 saturated heterocycles. The lowest BCUT2D eigenvalue weighted by molar-refractivity contribution is 0.928. The first-order valence-corrected chi connectivity index (χ1v) is 16.9. The quantitative estimate of drug-likeness (QED) is 0.165. The second-order valence-electron chi connectivity index (χ2n) is 12.4. The van der Waals surface area contributed by atoms with E-state index in [1.807, 2.05) is 92.7 Å². The zero-order chi connectivity index (χ0) is 37.2. The van der Waals surface area contributed by atoms with Crippen molar-refractivity contribution in [2.24, 2.45) is 24.3 Å². The van der Waals surface area contributed by atoms with Crippen LogP contribution in [0.4, 0.5) is 11.5 Å². The molecule has 0 amide bonds. The molecule has 4 aromatic carbocycles. The molecule has 1 aliphatic rings. The van der Waals surface area contributed by atoms with Gasteiger partial charge in [0.25, 0.3) is 0 Å². The third-order valence-electron chi connectivity index (χ3n) is 8.19. The SMILES string of the molecule is Cc1ccc2c(c1)CN=N2.Cc1ccc2ncccc2c1.Cc1ccc2nccnc2c1.Cn1cnc2c(N)ncnc21.Cn1cnc2ccccc21. The molecule has 5 aromatic heterocycles. The lowest BCUT2D eigenvalue weighted by Crippen LogP contribution is -1.94. The van der Waals surface area contributed by atoms with Crippen LogP contribution in [-0.2, 0) is 20.6 Å². The van der Waals surface area contributed by atoms with E-state index in [-0.39, 0.29) is 0 Å². The molecule has 0 fully saturated rings. The largest absolute Gasteiger partial charge is 0.382 e. The van der Waals surface area contributed by atoms with Crippen molar-refractivity contribution in [3.63, 3.8) is 0 Å². The number of imidazole rings is 2. The van der Waals surface area contributed by atoms with Crippen molar-refractivity contribution in [2.45, 2.75) is 27.3 Å². The normalized spacial score (nSPS) is 11.0. The van der Waals surface area contributed by atoms with Crippen molar-refractivity contribution in [1.82, 2.24) is 44.0 Å². The number of aryl methyl sites for hydroxylation is 5. The molecule has 1 aliphatic heterocycles. The van der Waals surface area contributed by atoms with Crippen LogP contribution >= 0.6 is 0 Å². The lowest BCUT2D eigenvalue weighted by atomic mass is 10.1. The van der Waals surface area contributed by atoms with Crippen molar-refractivity contribution in [3.8, 4) is 0 Å². The van der Waals surface area contributed by atoms with Gasteiger partial charge in [-0.15, -0.1) is 0 Å². The number of nitrogens with two attached hydrogens (primary N) is 1. The van der Waals surface area contributed by atoms with Gasteiger partial charge in [-0.1, -0.05) is 53.6 Å². The van der Waals surface area contributed by atoms with Crippen LogP contribution in [0.3, 0.4) is 0 Å². The summed E-state index contributed by atoms with van der Waals surface area (Å²) in [7, 11) is 3.86. The summed E-state index contributed by atoms with van der Waals surface area (Å²) in [6, 6.07) is 30.6. The first-order valence-electron chi connectivity index (χ1n) is 16.9. The first kappa shape index (κ1) is 35.9. The fraction of sp³-hybridized carbons (Fsp3) is 0.146. The zero-order valence-corrected chi connectivity index (χ0v) is 30.3. The van der Waals surface area contributed by atoms with Crippen molar-refractivity contribution >= 4 is 55.6 Å². The molecule has 10 rings (SSSR count). The zero-order valence-electron chi connectivity index (χ0n) is 30.3. The standard InChI is InChI=1S/C10H9N.C9H8N2.2C8H8N2.C6H7N5/c1-8-4-5-10-9(7-8)3-2-6-11-10;1-7-2-3-8-9(6-7)11-5-4-10-8;1-6-2-3-8-7(4-6)5-9-10-8;1-10-6-9-7-4-2-3-5-8(7)10;1-11-3-10-4-5(7)8-2-9-6(4)11/h2-7H,1H3;2-6H,1H3;2-4H,5H2,1H3;2-6H,1H3;2-3H,1H3,(H2,7,8,9). The van der Waals surface area contributed by atoms with Gasteiger partial charge in [-0.25, -0.2) is 19.9 Å². The molecule has 53 heavy (non-hydrogen) atoms. The molecule has 0 spiro atoms. The fourth-order valence-corrected chi connectivity index (χ4v) is 5.44. The smallest absolute Gasteiger partial charge is 0.165 e. The Morgan fingerprint density at radius 3 is 2.08 bits per heavy atom. The Kier molecular flexibility index (Phi) is 11.4. The highest BCUT2D eigenvalue weighted by molar-refractivity contribution is 5.81. The van der Waals surface area contributed by atoms with Crippen molar-refractivity contribution < 1.29 is 0 Å². The Labute approximate surface area is 307 Å². The molecule has 6 heterocycles. The van der Waals surface area contributed by atoms with Crippen LogP contribution in [0.1, 0.15) is 22.3 Å². The van der Waals surface area contributed by atoms with E-state index in [2.05, 4.69) is 95.4 Å². The second kappa shape index (κ2) is 16.8. The van der Waals surface area contributed by atoms with Crippen molar-refractivity contribution in [3.05, 3.63) is 151 Å². The molecule has 0 aliphatic carbocycles. The Bertz CT molecular complexity index is 2560. The molecule has 12 nitrogen and oxygen atoms in total. The summed E-state index contributed by atoms with van der Waals surface area (Å²) in [5.41, 5.74) is 18.3. The number of nitrogens with zero attached hydrogens (tertiary/aromatic N) is 11. The van der Waals surface area contributed by atoms with Gasteiger partial charge in [0.15, 0.2) is 11.5 Å². The molecule has 0 radical (unpaired) electrons. The van der Waals surface area contributed by atoms with Crippen LogP contribution in [0.25, 0.3) is 44.1 Å². The Morgan fingerprint density at radius 1 is 0.566 bits per heavy atom. The minimum atomic E-state index is 0.426. The van der Waals surface area contributed by atoms with Gasteiger partial charge in [-0.05, 0) is 74.9 Å². The third-order valence-corrected chi connectivity index (χ3v) is 8.19. The average Bonchev–Trinajstić information content (AvgIpc) is 3.91. The summed E-state index contributed by atoms with van der Waals surface area (Å²) >= 11 is 0. The van der Waals surface area contributed by atoms with Gasteiger partial charge in [0, 0.05) is 43.6 Å². The van der Waals surface area contributed by atoms with Gasteiger partial charge in [0.2, 0.25) is 0 Å². The van der Waals surface area contributed by atoms with E-state index in [1.54, 1.807) is 23.3 Å². The number of hydrogen-bond donors (Lipinski definition) is 1. The number of azo groups is 1. The maximum Gasteiger partial charge on any atom is 0.165 e. The highest BCUT2D eigenvalue weighted by Crippen LogP contribution is 2.26. The van der Waals surface area contributed by atoms with Crippen LogP contribution in [-0.4, -0.2) is 44.0 Å². The van der Waals surface area contributed by atoms with Gasteiger partial charge < -0.3 is 14.9 Å². The minimum absolute atomic E-state index is 0.426. The number of rotatable bonds is 0. The van der Waals surface area contributed by atoms with Gasteiger partial charge >= 0.3 is 0 Å². The molecule has 9 aromatic rings. The lowest BCUT2D eigenvalue weighted by Gasteiger charge is -1.95. The van der Waals surface area contributed by atoms with Gasteiger partial charge in [0.05, 0.1) is 52.5 Å². The molecule has 0 atom stereocenters. The third kappa shape index (κ3) is 9.24. The highest BCUT2D eigenvalue weighted by atomic mass is 15.1. The fourth-order valence-electron chi connectivity index (χ4n) is 5.44. The van der Waals surface area contributed by atoms with E-state index < -0.39 is 0 Å². The summed E-state index contributed by atoms with van der Waals surface area (Å²) in [5.74, 6) is 0.426. The number of nitrogen functional groups attached to an aromatic ring is 1. The minimum Gasteiger partial charge on any atom is -0.382 e. The molecule has 0 saturated carbocycles. The monoisotopic (exact) mass is 700 g/mol. The van der Waals surface area contributed by atoms with E-state index >= 15 is 0 Å². The molecule has 0 bridgehead atoms. The van der Waals surface area contributed by atoms with Gasteiger partial charge in [-0.3, -0.25) is 15.0 Å². The van der Waals surface area contributed by atoms with E-state index in [0.29, 0.717) is 11.3 Å². The molecule has 0 unspecified atom stereocenters. The van der Waals surface area contributed by atoms with E-state index in [1.165, 1.54) is 39.5 Å². The van der Waals surface area contributed by atoms with Gasteiger partial charge in [-0.2, -0.15) is 10.2 Å². The molecular formula is C41H40N12. The summed E-state index contributed by atoms with van der Waals surface area (Å²) < 4.78 is 3.81.